The van der Waals surface area contributed by atoms with Gasteiger partial charge in [0.25, 0.3) is 0 Å². The van der Waals surface area contributed by atoms with Crippen LogP contribution in [0.3, 0.4) is 0 Å². The summed E-state index contributed by atoms with van der Waals surface area (Å²) in [4.78, 5) is 27.7. The van der Waals surface area contributed by atoms with E-state index in [2.05, 4.69) is 10.2 Å². The highest BCUT2D eigenvalue weighted by Crippen LogP contribution is 2.30. The van der Waals surface area contributed by atoms with Gasteiger partial charge < -0.3 is 15.0 Å². The molecule has 0 saturated carbocycles. The van der Waals surface area contributed by atoms with E-state index in [9.17, 15) is 18.4 Å². The van der Waals surface area contributed by atoms with Gasteiger partial charge in [-0.25, -0.2) is 13.6 Å². The van der Waals surface area contributed by atoms with Crippen molar-refractivity contribution in [1.29, 1.82) is 0 Å². The van der Waals surface area contributed by atoms with Gasteiger partial charge in [-0.05, 0) is 61.2 Å². The molecule has 2 fully saturated rings. The Bertz CT molecular complexity index is 937. The predicted octanol–water partition coefficient (Wildman–Crippen LogP) is 4.21. The van der Waals surface area contributed by atoms with Gasteiger partial charge in [-0.1, -0.05) is 24.3 Å². The monoisotopic (exact) mass is 503 g/mol. The maximum Gasteiger partial charge on any atom is 0.324 e. The molecule has 2 heterocycles. The van der Waals surface area contributed by atoms with Crippen molar-refractivity contribution in [3.05, 3.63) is 71.3 Å². The molecule has 0 spiro atoms. The molecule has 0 aromatic heterocycles. The molecular weight excluding hydrogens is 472 g/mol. The van der Waals surface area contributed by atoms with Crippen LogP contribution in [0.5, 0.6) is 0 Å². The standard InChI is InChI=1S/C26H31F2N3O3S/c27-21-6-2-19(3-7-21)25(20-4-8-22(28)9-5-20)34-23-10-14-30(15-11-23)13-1-12-29-26(33)31-16-17-35-18-24(31)32/h2-9,23,25H,1,10-18H2,(H,29,33). The first-order chi connectivity index (χ1) is 17.0. The molecule has 9 heteroatoms. The maximum atomic E-state index is 13.5. The zero-order valence-corrected chi connectivity index (χ0v) is 20.4. The molecular formula is C26H31F2N3O3S. The van der Waals surface area contributed by atoms with E-state index in [1.54, 1.807) is 36.0 Å². The van der Waals surface area contributed by atoms with E-state index < -0.39 is 0 Å². The number of nitrogens with one attached hydrogen (secondary N) is 1. The molecule has 2 aliphatic rings. The van der Waals surface area contributed by atoms with Gasteiger partial charge in [-0.2, -0.15) is 11.8 Å². The average Bonchev–Trinajstić information content (AvgIpc) is 2.87. The molecule has 0 bridgehead atoms. The number of likely N-dealkylation sites (tertiary alicyclic amines) is 1. The van der Waals surface area contributed by atoms with Crippen LogP contribution in [-0.4, -0.2) is 72.1 Å². The number of hydrogen-bond acceptors (Lipinski definition) is 5. The SMILES string of the molecule is O=C1CSCCN1C(=O)NCCCN1CCC(OC(c2ccc(F)cc2)c2ccc(F)cc2)CC1. The van der Waals surface area contributed by atoms with Crippen molar-refractivity contribution in [3.8, 4) is 0 Å². The first-order valence-corrected chi connectivity index (χ1v) is 13.2. The number of urea groups is 1. The van der Waals surface area contributed by atoms with Gasteiger partial charge >= 0.3 is 6.03 Å². The number of hydrogen-bond donors (Lipinski definition) is 1. The summed E-state index contributed by atoms with van der Waals surface area (Å²) in [5.41, 5.74) is 1.67. The lowest BCUT2D eigenvalue weighted by atomic mass is 10.00. The molecule has 0 atom stereocenters. The molecule has 1 N–H and O–H groups in total. The van der Waals surface area contributed by atoms with E-state index in [0.29, 0.717) is 18.8 Å². The molecule has 35 heavy (non-hydrogen) atoms. The van der Waals surface area contributed by atoms with Crippen LogP contribution in [-0.2, 0) is 9.53 Å². The molecule has 6 nitrogen and oxygen atoms in total. The zero-order chi connectivity index (χ0) is 24.6. The average molecular weight is 504 g/mol. The van der Waals surface area contributed by atoms with Crippen LogP contribution in [0.15, 0.2) is 48.5 Å². The van der Waals surface area contributed by atoms with Crippen molar-refractivity contribution < 1.29 is 23.1 Å². The number of rotatable bonds is 8. The summed E-state index contributed by atoms with van der Waals surface area (Å²) in [5, 5.41) is 2.85. The van der Waals surface area contributed by atoms with Crippen LogP contribution < -0.4 is 5.32 Å². The van der Waals surface area contributed by atoms with Gasteiger partial charge in [-0.3, -0.25) is 9.69 Å². The Morgan fingerprint density at radius 1 is 1.00 bits per heavy atom. The molecule has 2 saturated heterocycles. The Morgan fingerprint density at radius 2 is 1.60 bits per heavy atom. The Balaban J connectivity index is 1.23. The second-order valence-corrected chi connectivity index (χ2v) is 9.95. The highest BCUT2D eigenvalue weighted by molar-refractivity contribution is 8.00. The summed E-state index contributed by atoms with van der Waals surface area (Å²) in [7, 11) is 0. The Morgan fingerprint density at radius 3 is 2.17 bits per heavy atom. The van der Waals surface area contributed by atoms with E-state index in [0.717, 1.165) is 55.8 Å². The molecule has 2 aromatic carbocycles. The minimum atomic E-state index is -0.390. The van der Waals surface area contributed by atoms with Crippen molar-refractivity contribution in [2.75, 3.05) is 44.2 Å². The lowest BCUT2D eigenvalue weighted by Crippen LogP contribution is -2.48. The topological polar surface area (TPSA) is 61.9 Å². The van der Waals surface area contributed by atoms with E-state index in [4.69, 9.17) is 4.74 Å². The van der Waals surface area contributed by atoms with E-state index in [1.165, 1.54) is 29.2 Å². The fourth-order valence-corrected chi connectivity index (χ4v) is 5.20. The first kappa shape index (κ1) is 25.6. The third kappa shape index (κ3) is 7.25. The summed E-state index contributed by atoms with van der Waals surface area (Å²) >= 11 is 1.56. The van der Waals surface area contributed by atoms with Crippen molar-refractivity contribution in [1.82, 2.24) is 15.1 Å². The van der Waals surface area contributed by atoms with Gasteiger partial charge in [0.2, 0.25) is 5.91 Å². The predicted molar refractivity (Wildman–Crippen MR) is 132 cm³/mol. The summed E-state index contributed by atoms with van der Waals surface area (Å²) in [5.74, 6) is 0.420. The molecule has 2 aliphatic heterocycles. The Hall–Kier alpha value is -2.49. The number of benzene rings is 2. The van der Waals surface area contributed by atoms with Gasteiger partial charge in [0.15, 0.2) is 0 Å². The number of imide groups is 1. The normalized spacial score (nSPS) is 17.7. The number of amides is 3. The molecule has 188 valence electrons. The molecule has 0 radical (unpaired) electrons. The van der Waals surface area contributed by atoms with E-state index in [-0.39, 0.29) is 35.8 Å². The van der Waals surface area contributed by atoms with Gasteiger partial charge in [-0.15, -0.1) is 0 Å². The smallest absolute Gasteiger partial charge is 0.324 e. The fourth-order valence-electron chi connectivity index (χ4n) is 4.41. The van der Waals surface area contributed by atoms with Crippen molar-refractivity contribution >= 4 is 23.7 Å². The van der Waals surface area contributed by atoms with Crippen LogP contribution >= 0.6 is 11.8 Å². The van der Waals surface area contributed by atoms with Crippen LogP contribution in [0.25, 0.3) is 0 Å². The summed E-state index contributed by atoms with van der Waals surface area (Å²) in [6.07, 6.45) is 2.16. The van der Waals surface area contributed by atoms with E-state index >= 15 is 0 Å². The number of carbonyl (C=O) groups is 2. The molecule has 0 unspecified atom stereocenters. The minimum absolute atomic E-state index is 0.0362. The van der Waals surface area contributed by atoms with Crippen LogP contribution in [0.2, 0.25) is 0 Å². The number of nitrogens with zero attached hydrogens (tertiary/aromatic N) is 2. The minimum Gasteiger partial charge on any atom is -0.365 e. The first-order valence-electron chi connectivity index (χ1n) is 12.0. The number of carbonyl (C=O) groups excluding carboxylic acids is 2. The lowest BCUT2D eigenvalue weighted by Gasteiger charge is -2.34. The second kappa shape index (κ2) is 12.5. The Labute approximate surface area is 209 Å². The van der Waals surface area contributed by atoms with Gasteiger partial charge in [0, 0.05) is 31.9 Å². The third-order valence-corrected chi connectivity index (χ3v) is 7.29. The number of ether oxygens (including phenoxy) is 1. The van der Waals surface area contributed by atoms with E-state index in [1.807, 2.05) is 0 Å². The fraction of sp³-hybridized carbons (Fsp3) is 0.462. The van der Waals surface area contributed by atoms with Crippen LogP contribution in [0.4, 0.5) is 13.6 Å². The highest BCUT2D eigenvalue weighted by Gasteiger charge is 2.26. The largest absolute Gasteiger partial charge is 0.365 e. The van der Waals surface area contributed by atoms with Crippen LogP contribution in [0, 0.1) is 11.6 Å². The highest BCUT2D eigenvalue weighted by atomic mass is 32.2. The Kier molecular flexibility index (Phi) is 9.12. The molecule has 4 rings (SSSR count). The lowest BCUT2D eigenvalue weighted by molar-refractivity contribution is -0.125. The summed E-state index contributed by atoms with van der Waals surface area (Å²) in [6.45, 7) is 3.61. The van der Waals surface area contributed by atoms with Crippen molar-refractivity contribution in [2.24, 2.45) is 0 Å². The van der Waals surface area contributed by atoms with Gasteiger partial charge in [0.05, 0.1) is 11.9 Å². The summed E-state index contributed by atoms with van der Waals surface area (Å²) in [6, 6.07) is 12.2. The molecule has 2 aromatic rings. The number of thioether (sulfide) groups is 1. The summed E-state index contributed by atoms with van der Waals surface area (Å²) < 4.78 is 33.4. The zero-order valence-electron chi connectivity index (χ0n) is 19.6. The quantitative estimate of drug-likeness (QED) is 0.547. The van der Waals surface area contributed by atoms with Crippen LogP contribution in [0.1, 0.15) is 36.5 Å². The molecule has 3 amide bonds. The number of piperidine rings is 1. The second-order valence-electron chi connectivity index (χ2n) is 8.84. The van der Waals surface area contributed by atoms with Crippen molar-refractivity contribution in [3.63, 3.8) is 0 Å². The molecule has 0 aliphatic carbocycles. The maximum absolute atomic E-state index is 13.5. The van der Waals surface area contributed by atoms with Gasteiger partial charge in [0.1, 0.15) is 17.7 Å². The van der Waals surface area contributed by atoms with Crippen molar-refractivity contribution in [2.45, 2.75) is 31.5 Å². The number of halogens is 2. The third-order valence-electron chi connectivity index (χ3n) is 6.37.